The molecule has 174 valence electrons. The highest BCUT2D eigenvalue weighted by Crippen LogP contribution is 2.12. The van der Waals surface area contributed by atoms with Crippen LogP contribution in [0.2, 0.25) is 0 Å². The molecular weight excluding hydrogens is 407 g/mol. The van der Waals surface area contributed by atoms with E-state index in [1.54, 1.807) is 18.2 Å². The van der Waals surface area contributed by atoms with Crippen LogP contribution < -0.4 is 10.6 Å². The molecular formula is C26H41FN2OS. The van der Waals surface area contributed by atoms with Crippen LogP contribution in [0, 0.1) is 5.82 Å². The standard InChI is InChI=1S/C26H41FN2OS/c1-2-3-4-5-6-7-8-9-10-11-12-13-14-15-22-28-26(31)29-25(30)21-18-23-16-19-24(27)20-17-23/h16-21H,2-15,22H2,1H3,(H2,28,29,30,31)/b21-18+. The van der Waals surface area contributed by atoms with Gasteiger partial charge in [0.25, 0.3) is 0 Å². The molecule has 0 heterocycles. The molecule has 1 amide bonds. The summed E-state index contributed by atoms with van der Waals surface area (Å²) in [7, 11) is 0. The molecule has 0 saturated heterocycles. The Kier molecular flexibility index (Phi) is 16.7. The van der Waals surface area contributed by atoms with Crippen molar-refractivity contribution in [3.8, 4) is 0 Å². The molecule has 2 N–H and O–H groups in total. The fourth-order valence-corrected chi connectivity index (χ4v) is 3.67. The third-order valence-electron chi connectivity index (χ3n) is 5.35. The monoisotopic (exact) mass is 448 g/mol. The second kappa shape index (κ2) is 19.0. The minimum absolute atomic E-state index is 0.289. The first-order valence-electron chi connectivity index (χ1n) is 12.1. The lowest BCUT2D eigenvalue weighted by Gasteiger charge is -2.08. The van der Waals surface area contributed by atoms with Crippen LogP contribution in [-0.4, -0.2) is 17.6 Å². The highest BCUT2D eigenvalue weighted by Gasteiger charge is 2.00. The number of amides is 1. The van der Waals surface area contributed by atoms with Crippen molar-refractivity contribution >= 4 is 29.3 Å². The summed E-state index contributed by atoms with van der Waals surface area (Å²) in [6.07, 6.45) is 21.7. The first-order valence-corrected chi connectivity index (χ1v) is 12.5. The van der Waals surface area contributed by atoms with E-state index in [2.05, 4.69) is 17.6 Å². The molecule has 31 heavy (non-hydrogen) atoms. The fourth-order valence-electron chi connectivity index (χ4n) is 3.47. The predicted molar refractivity (Wildman–Crippen MR) is 134 cm³/mol. The fraction of sp³-hybridized carbons (Fsp3) is 0.615. The van der Waals surface area contributed by atoms with Gasteiger partial charge in [0.1, 0.15) is 5.82 Å². The molecule has 0 aliphatic carbocycles. The Morgan fingerprint density at radius 1 is 0.839 bits per heavy atom. The zero-order valence-electron chi connectivity index (χ0n) is 19.3. The maximum Gasteiger partial charge on any atom is 0.250 e. The molecule has 5 heteroatoms. The average molecular weight is 449 g/mol. The lowest BCUT2D eigenvalue weighted by atomic mass is 10.0. The summed E-state index contributed by atoms with van der Waals surface area (Å²) in [4.78, 5) is 11.9. The highest BCUT2D eigenvalue weighted by atomic mass is 32.1. The van der Waals surface area contributed by atoms with Crippen LogP contribution in [0.1, 0.15) is 102 Å². The Morgan fingerprint density at radius 2 is 1.32 bits per heavy atom. The van der Waals surface area contributed by atoms with E-state index in [4.69, 9.17) is 12.2 Å². The summed E-state index contributed by atoms with van der Waals surface area (Å²) >= 11 is 5.15. The second-order valence-corrected chi connectivity index (χ2v) is 8.63. The minimum Gasteiger partial charge on any atom is -0.362 e. The molecule has 0 saturated carbocycles. The van der Waals surface area contributed by atoms with E-state index < -0.39 is 0 Å². The molecule has 0 aliphatic heterocycles. The number of unbranched alkanes of at least 4 members (excludes halogenated alkanes) is 13. The van der Waals surface area contributed by atoms with E-state index in [1.165, 1.54) is 102 Å². The van der Waals surface area contributed by atoms with Crippen molar-refractivity contribution in [2.75, 3.05) is 6.54 Å². The van der Waals surface area contributed by atoms with E-state index in [0.717, 1.165) is 18.5 Å². The average Bonchev–Trinajstić information content (AvgIpc) is 2.76. The first-order chi connectivity index (χ1) is 15.1. The number of benzene rings is 1. The molecule has 1 aromatic carbocycles. The van der Waals surface area contributed by atoms with Crippen LogP contribution in [-0.2, 0) is 4.79 Å². The number of rotatable bonds is 17. The molecule has 0 spiro atoms. The third kappa shape index (κ3) is 16.6. The molecule has 0 radical (unpaired) electrons. The molecule has 0 unspecified atom stereocenters. The van der Waals surface area contributed by atoms with Gasteiger partial charge in [-0.3, -0.25) is 10.1 Å². The smallest absolute Gasteiger partial charge is 0.250 e. The molecule has 0 bridgehead atoms. The number of hydrogen-bond donors (Lipinski definition) is 2. The normalized spacial score (nSPS) is 11.0. The molecule has 1 rings (SSSR count). The van der Waals surface area contributed by atoms with Crippen LogP contribution in [0.4, 0.5) is 4.39 Å². The van der Waals surface area contributed by atoms with Gasteiger partial charge in [-0.25, -0.2) is 4.39 Å². The predicted octanol–water partition coefficient (Wildman–Crippen LogP) is 7.31. The topological polar surface area (TPSA) is 41.1 Å². The summed E-state index contributed by atoms with van der Waals surface area (Å²) in [5.41, 5.74) is 0.762. The number of carbonyl (C=O) groups is 1. The Labute approximate surface area is 194 Å². The Hall–Kier alpha value is -1.75. The zero-order valence-corrected chi connectivity index (χ0v) is 20.1. The number of nitrogens with one attached hydrogen (secondary N) is 2. The van der Waals surface area contributed by atoms with E-state index in [-0.39, 0.29) is 11.7 Å². The van der Waals surface area contributed by atoms with E-state index in [9.17, 15) is 9.18 Å². The van der Waals surface area contributed by atoms with Crippen molar-refractivity contribution in [2.45, 2.75) is 96.8 Å². The van der Waals surface area contributed by atoms with Gasteiger partial charge in [0.2, 0.25) is 5.91 Å². The third-order valence-corrected chi connectivity index (χ3v) is 5.60. The molecule has 3 nitrogen and oxygen atoms in total. The zero-order chi connectivity index (χ0) is 22.6. The van der Waals surface area contributed by atoms with Gasteiger partial charge >= 0.3 is 0 Å². The Bertz CT molecular complexity index is 631. The largest absolute Gasteiger partial charge is 0.362 e. The summed E-state index contributed by atoms with van der Waals surface area (Å²) in [6, 6.07) is 5.96. The van der Waals surface area contributed by atoms with Crippen LogP contribution >= 0.6 is 12.2 Å². The van der Waals surface area contributed by atoms with Gasteiger partial charge in [-0.05, 0) is 42.4 Å². The van der Waals surface area contributed by atoms with Crippen LogP contribution in [0.5, 0.6) is 0 Å². The van der Waals surface area contributed by atoms with Crippen molar-refractivity contribution < 1.29 is 9.18 Å². The molecule has 0 fully saturated rings. The van der Waals surface area contributed by atoms with Crippen LogP contribution in [0.25, 0.3) is 6.08 Å². The summed E-state index contributed by atoms with van der Waals surface area (Å²) in [5, 5.41) is 6.06. The summed E-state index contributed by atoms with van der Waals surface area (Å²) in [5.74, 6) is -0.585. The Morgan fingerprint density at radius 3 is 1.84 bits per heavy atom. The van der Waals surface area contributed by atoms with Crippen molar-refractivity contribution in [2.24, 2.45) is 0 Å². The second-order valence-electron chi connectivity index (χ2n) is 8.23. The molecule has 1 aromatic rings. The van der Waals surface area contributed by atoms with Gasteiger partial charge in [-0.15, -0.1) is 0 Å². The van der Waals surface area contributed by atoms with Gasteiger partial charge in [0, 0.05) is 12.6 Å². The van der Waals surface area contributed by atoms with Crippen molar-refractivity contribution in [1.29, 1.82) is 0 Å². The number of thiocarbonyl (C=S) groups is 1. The van der Waals surface area contributed by atoms with E-state index in [0.29, 0.717) is 5.11 Å². The van der Waals surface area contributed by atoms with Crippen LogP contribution in [0.15, 0.2) is 30.3 Å². The number of carbonyl (C=O) groups excluding carboxylic acids is 1. The SMILES string of the molecule is CCCCCCCCCCCCCCCCNC(=S)NC(=O)/C=C/c1ccc(F)cc1. The van der Waals surface area contributed by atoms with Crippen LogP contribution in [0.3, 0.4) is 0 Å². The van der Waals surface area contributed by atoms with Crippen molar-refractivity contribution in [1.82, 2.24) is 10.6 Å². The van der Waals surface area contributed by atoms with Crippen molar-refractivity contribution in [3.05, 3.63) is 41.7 Å². The minimum atomic E-state index is -0.296. The molecule has 0 atom stereocenters. The van der Waals surface area contributed by atoms with Gasteiger partial charge in [0.05, 0.1) is 0 Å². The van der Waals surface area contributed by atoms with E-state index >= 15 is 0 Å². The van der Waals surface area contributed by atoms with Gasteiger partial charge in [-0.2, -0.15) is 0 Å². The van der Waals surface area contributed by atoms with Crippen molar-refractivity contribution in [3.63, 3.8) is 0 Å². The van der Waals surface area contributed by atoms with Gasteiger partial charge in [-0.1, -0.05) is 103 Å². The van der Waals surface area contributed by atoms with Gasteiger partial charge in [0.15, 0.2) is 5.11 Å². The summed E-state index contributed by atoms with van der Waals surface area (Å²) < 4.78 is 12.9. The quantitative estimate of drug-likeness (QED) is 0.149. The lowest BCUT2D eigenvalue weighted by molar-refractivity contribution is -0.115. The van der Waals surface area contributed by atoms with Gasteiger partial charge < -0.3 is 5.32 Å². The Balaban J connectivity index is 1.90. The lowest BCUT2D eigenvalue weighted by Crippen LogP contribution is -2.38. The molecule has 0 aliphatic rings. The maximum atomic E-state index is 12.9. The maximum absolute atomic E-state index is 12.9. The van der Waals surface area contributed by atoms with E-state index in [1.807, 2.05) is 0 Å². The summed E-state index contributed by atoms with van der Waals surface area (Å²) in [6.45, 7) is 3.04. The molecule has 0 aromatic heterocycles. The highest BCUT2D eigenvalue weighted by molar-refractivity contribution is 7.80. The number of hydrogen-bond acceptors (Lipinski definition) is 2. The number of halogens is 1. The first kappa shape index (κ1) is 27.3.